The number of carbonyl (C=O) groups is 3. The highest BCUT2D eigenvalue weighted by atomic mass is 16.5. The minimum absolute atomic E-state index is 0.0487. The summed E-state index contributed by atoms with van der Waals surface area (Å²) in [7, 11) is 1.54. The largest absolute Gasteiger partial charge is 0.395 e. The van der Waals surface area contributed by atoms with Crippen LogP contribution in [0, 0.1) is 11.8 Å². The van der Waals surface area contributed by atoms with Crippen LogP contribution in [0.1, 0.15) is 12.8 Å². The van der Waals surface area contributed by atoms with Crippen molar-refractivity contribution in [3.63, 3.8) is 0 Å². The van der Waals surface area contributed by atoms with E-state index >= 15 is 0 Å². The summed E-state index contributed by atoms with van der Waals surface area (Å²) in [5, 5.41) is 15.1. The van der Waals surface area contributed by atoms with Gasteiger partial charge in [-0.2, -0.15) is 0 Å². The molecule has 0 aromatic heterocycles. The summed E-state index contributed by atoms with van der Waals surface area (Å²) < 4.78 is 11.5. The standard InChI is InChI=1S/C19H30N4O6/c1-20-16(25)13-12-2-3-19(29-12)14(13)18(27)23(6-9-24)15(19)17(26)21-4-5-22-7-10-28-11-8-22/h12-15,24H,2-11H2,1H3,(H,20,25)(H,21,26)/t12-,13+,14-,15?,19?/m0/s1. The van der Waals surface area contributed by atoms with Crippen molar-refractivity contribution in [1.29, 1.82) is 0 Å². The molecule has 4 saturated heterocycles. The first-order valence-corrected chi connectivity index (χ1v) is 10.4. The Labute approximate surface area is 169 Å². The third-order valence-corrected chi connectivity index (χ3v) is 6.77. The highest BCUT2D eigenvalue weighted by molar-refractivity contribution is 5.98. The highest BCUT2D eigenvalue weighted by Gasteiger charge is 2.74. The van der Waals surface area contributed by atoms with Crippen LogP contribution in [0.15, 0.2) is 0 Å². The smallest absolute Gasteiger partial charge is 0.245 e. The molecule has 4 fully saturated rings. The number of fused-ring (bicyclic) bond motifs is 1. The molecule has 4 rings (SSSR count). The van der Waals surface area contributed by atoms with Crippen molar-refractivity contribution < 1.29 is 29.0 Å². The van der Waals surface area contributed by atoms with Gasteiger partial charge >= 0.3 is 0 Å². The van der Waals surface area contributed by atoms with Crippen molar-refractivity contribution in [1.82, 2.24) is 20.4 Å². The van der Waals surface area contributed by atoms with Gasteiger partial charge in [-0.3, -0.25) is 19.3 Å². The lowest BCUT2D eigenvalue weighted by Crippen LogP contribution is -2.56. The molecule has 4 aliphatic rings. The minimum Gasteiger partial charge on any atom is -0.395 e. The molecule has 0 radical (unpaired) electrons. The molecule has 2 bridgehead atoms. The number of β-amino-alcohol motifs (C(OH)–C–C–N with tert-alkyl or cyclic N) is 1. The molecule has 3 N–H and O–H groups in total. The zero-order valence-corrected chi connectivity index (χ0v) is 16.8. The molecule has 162 valence electrons. The van der Waals surface area contributed by atoms with Gasteiger partial charge in [0, 0.05) is 39.8 Å². The van der Waals surface area contributed by atoms with E-state index in [4.69, 9.17) is 9.47 Å². The van der Waals surface area contributed by atoms with Crippen LogP contribution in [-0.4, -0.2) is 110 Å². The second-order valence-electron chi connectivity index (χ2n) is 8.17. The lowest BCUT2D eigenvalue weighted by molar-refractivity contribution is -0.142. The SMILES string of the molecule is CNC(=O)[C@@H]1[C@@H]2CCC3(O2)C(C(=O)NCCN2CCOCC2)N(CCO)C(=O)[C@H]13. The van der Waals surface area contributed by atoms with E-state index in [0.29, 0.717) is 39.1 Å². The number of nitrogens with one attached hydrogen (secondary N) is 2. The van der Waals surface area contributed by atoms with Gasteiger partial charge in [0.25, 0.3) is 0 Å². The lowest BCUT2D eigenvalue weighted by atomic mass is 9.70. The summed E-state index contributed by atoms with van der Waals surface area (Å²) in [6.45, 7) is 4.01. The average Bonchev–Trinajstić information content (AvgIpc) is 3.36. The van der Waals surface area contributed by atoms with Crippen LogP contribution in [0.3, 0.4) is 0 Å². The average molecular weight is 410 g/mol. The van der Waals surface area contributed by atoms with E-state index in [1.165, 1.54) is 4.90 Å². The molecule has 2 unspecified atom stereocenters. The Kier molecular flexibility index (Phi) is 5.78. The molecule has 10 heteroatoms. The summed E-state index contributed by atoms with van der Waals surface area (Å²) in [6, 6.07) is -0.823. The number of carbonyl (C=O) groups excluding carboxylic acids is 3. The highest BCUT2D eigenvalue weighted by Crippen LogP contribution is 2.58. The Morgan fingerprint density at radius 2 is 2.00 bits per heavy atom. The second kappa shape index (κ2) is 8.17. The van der Waals surface area contributed by atoms with E-state index < -0.39 is 23.5 Å². The van der Waals surface area contributed by atoms with Crippen LogP contribution in [0.2, 0.25) is 0 Å². The van der Waals surface area contributed by atoms with Gasteiger partial charge in [0.1, 0.15) is 11.6 Å². The quantitative estimate of drug-likeness (QED) is 0.426. The summed E-state index contributed by atoms with van der Waals surface area (Å²) in [5.74, 6) is -2.05. The Balaban J connectivity index is 1.50. The van der Waals surface area contributed by atoms with Crippen molar-refractivity contribution in [3.05, 3.63) is 0 Å². The fraction of sp³-hybridized carbons (Fsp3) is 0.842. The molecular formula is C19H30N4O6. The minimum atomic E-state index is -0.989. The maximum Gasteiger partial charge on any atom is 0.245 e. The summed E-state index contributed by atoms with van der Waals surface area (Å²) in [4.78, 5) is 42.4. The second-order valence-corrected chi connectivity index (χ2v) is 8.17. The van der Waals surface area contributed by atoms with Crippen LogP contribution < -0.4 is 10.6 Å². The number of nitrogens with zero attached hydrogens (tertiary/aromatic N) is 2. The van der Waals surface area contributed by atoms with Gasteiger partial charge < -0.3 is 30.1 Å². The molecule has 0 aliphatic carbocycles. The first-order valence-electron chi connectivity index (χ1n) is 10.4. The topological polar surface area (TPSA) is 120 Å². The molecule has 10 nitrogen and oxygen atoms in total. The van der Waals surface area contributed by atoms with Crippen LogP contribution in [0.5, 0.6) is 0 Å². The number of rotatable bonds is 7. The molecule has 5 atom stereocenters. The number of aliphatic hydroxyl groups is 1. The Morgan fingerprint density at radius 1 is 1.24 bits per heavy atom. The fourth-order valence-electron chi connectivity index (χ4n) is 5.53. The van der Waals surface area contributed by atoms with Crippen molar-refractivity contribution in [3.8, 4) is 0 Å². The predicted molar refractivity (Wildman–Crippen MR) is 101 cm³/mol. The van der Waals surface area contributed by atoms with Gasteiger partial charge in [0.05, 0.1) is 37.8 Å². The Hall–Kier alpha value is -1.75. The van der Waals surface area contributed by atoms with Crippen molar-refractivity contribution in [2.24, 2.45) is 11.8 Å². The molecule has 4 aliphatic heterocycles. The van der Waals surface area contributed by atoms with Crippen LogP contribution in [0.4, 0.5) is 0 Å². The van der Waals surface area contributed by atoms with Gasteiger partial charge in [0.2, 0.25) is 17.7 Å². The molecule has 0 saturated carbocycles. The Morgan fingerprint density at radius 3 is 2.69 bits per heavy atom. The third-order valence-electron chi connectivity index (χ3n) is 6.77. The first kappa shape index (κ1) is 20.5. The van der Waals surface area contributed by atoms with Crippen LogP contribution in [0.25, 0.3) is 0 Å². The molecule has 3 amide bonds. The summed E-state index contributed by atoms with van der Waals surface area (Å²) in [5.41, 5.74) is -0.989. The molecular weight excluding hydrogens is 380 g/mol. The number of hydrogen-bond acceptors (Lipinski definition) is 7. The zero-order valence-electron chi connectivity index (χ0n) is 16.8. The van der Waals surface area contributed by atoms with E-state index in [9.17, 15) is 19.5 Å². The number of amides is 3. The zero-order chi connectivity index (χ0) is 20.6. The van der Waals surface area contributed by atoms with E-state index in [1.54, 1.807) is 7.05 Å². The molecule has 0 aromatic rings. The molecule has 1 spiro atoms. The lowest BCUT2D eigenvalue weighted by Gasteiger charge is -2.33. The Bertz CT molecular complexity index is 669. The van der Waals surface area contributed by atoms with Gasteiger partial charge in [-0.1, -0.05) is 0 Å². The molecule has 29 heavy (non-hydrogen) atoms. The monoisotopic (exact) mass is 410 g/mol. The third kappa shape index (κ3) is 3.31. The number of hydrogen-bond donors (Lipinski definition) is 3. The van der Waals surface area contributed by atoms with Gasteiger partial charge in [0.15, 0.2) is 0 Å². The van der Waals surface area contributed by atoms with Gasteiger partial charge in [-0.05, 0) is 12.8 Å². The number of aliphatic hydroxyl groups excluding tert-OH is 1. The van der Waals surface area contributed by atoms with E-state index in [2.05, 4.69) is 15.5 Å². The normalized spacial score (nSPS) is 36.3. The van der Waals surface area contributed by atoms with E-state index in [1.807, 2.05) is 0 Å². The predicted octanol–water partition coefficient (Wildman–Crippen LogP) is -2.45. The maximum atomic E-state index is 13.2. The van der Waals surface area contributed by atoms with Crippen LogP contribution in [-0.2, 0) is 23.9 Å². The van der Waals surface area contributed by atoms with E-state index in [0.717, 1.165) is 13.1 Å². The fourth-order valence-corrected chi connectivity index (χ4v) is 5.53. The molecule has 0 aromatic carbocycles. The van der Waals surface area contributed by atoms with Crippen molar-refractivity contribution >= 4 is 17.7 Å². The number of morpholine rings is 1. The van der Waals surface area contributed by atoms with Gasteiger partial charge in [-0.15, -0.1) is 0 Å². The summed E-state index contributed by atoms with van der Waals surface area (Å²) in [6.07, 6.45) is 0.862. The molecule has 4 heterocycles. The maximum absolute atomic E-state index is 13.2. The van der Waals surface area contributed by atoms with Crippen molar-refractivity contribution in [2.75, 3.05) is 59.6 Å². The van der Waals surface area contributed by atoms with E-state index in [-0.39, 0.29) is 37.0 Å². The van der Waals surface area contributed by atoms with Gasteiger partial charge in [-0.25, -0.2) is 0 Å². The number of likely N-dealkylation sites (tertiary alicyclic amines) is 1. The van der Waals surface area contributed by atoms with Crippen LogP contribution >= 0.6 is 0 Å². The number of ether oxygens (including phenoxy) is 2. The first-order chi connectivity index (χ1) is 14.0. The summed E-state index contributed by atoms with van der Waals surface area (Å²) >= 11 is 0. The van der Waals surface area contributed by atoms with Crippen molar-refractivity contribution in [2.45, 2.75) is 30.6 Å².